The molecule has 1 saturated carbocycles. The quantitative estimate of drug-likeness (QED) is 0.176. The van der Waals surface area contributed by atoms with E-state index in [0.717, 1.165) is 36.9 Å². The summed E-state index contributed by atoms with van der Waals surface area (Å²) in [5, 5.41) is 18.3. The zero-order valence-electron chi connectivity index (χ0n) is 19.7. The van der Waals surface area contributed by atoms with Crippen LogP contribution < -0.4 is 15.8 Å². The Morgan fingerprint density at radius 3 is 2.86 bits per heavy atom. The smallest absolute Gasteiger partial charge is 0.384 e. The van der Waals surface area contributed by atoms with E-state index in [1.54, 1.807) is 27.8 Å². The van der Waals surface area contributed by atoms with Gasteiger partial charge in [0, 0.05) is 25.7 Å². The highest BCUT2D eigenvalue weighted by atomic mass is 16.5. The molecular formula is C26H29N6O3+. The molecule has 0 aliphatic heterocycles. The van der Waals surface area contributed by atoms with E-state index in [1.807, 2.05) is 37.5 Å². The summed E-state index contributed by atoms with van der Waals surface area (Å²) < 4.78 is 13.4. The number of allylic oxidation sites excluding steroid dienone is 1. The van der Waals surface area contributed by atoms with Crippen molar-refractivity contribution >= 4 is 11.7 Å². The van der Waals surface area contributed by atoms with Crippen LogP contribution in [-0.4, -0.2) is 48.6 Å². The van der Waals surface area contributed by atoms with E-state index >= 15 is 0 Å². The molecule has 0 saturated heterocycles. The highest BCUT2D eigenvalue weighted by molar-refractivity contribution is 5.98. The number of aromatic nitrogens is 4. The molecule has 0 radical (unpaired) electrons. The SMILES string of the molecule is C=CC(=C=[N+]=C(N)c1cccc(Cc2nn(-c3cnn(C)c3)ccc2=O)c1)OC1CCC(O)CC1. The molecule has 2 aromatic heterocycles. The van der Waals surface area contributed by atoms with Crippen molar-refractivity contribution in [1.29, 1.82) is 0 Å². The Bertz CT molecular complexity index is 1370. The van der Waals surface area contributed by atoms with Crippen LogP contribution in [0.2, 0.25) is 0 Å². The van der Waals surface area contributed by atoms with E-state index < -0.39 is 0 Å². The van der Waals surface area contributed by atoms with Crippen molar-refractivity contribution in [2.75, 3.05) is 0 Å². The fourth-order valence-electron chi connectivity index (χ4n) is 3.92. The van der Waals surface area contributed by atoms with Crippen LogP contribution in [0, 0.1) is 0 Å². The second-order valence-corrected chi connectivity index (χ2v) is 8.55. The molecule has 2 heterocycles. The summed E-state index contributed by atoms with van der Waals surface area (Å²) >= 11 is 0. The van der Waals surface area contributed by atoms with Crippen molar-refractivity contribution in [3.05, 3.63) is 94.4 Å². The van der Waals surface area contributed by atoms with Crippen molar-refractivity contribution in [2.24, 2.45) is 12.8 Å². The van der Waals surface area contributed by atoms with Gasteiger partial charge in [0.05, 0.1) is 30.2 Å². The van der Waals surface area contributed by atoms with Gasteiger partial charge in [0.2, 0.25) is 17.1 Å². The first-order valence-electron chi connectivity index (χ1n) is 11.5. The minimum absolute atomic E-state index is 0.00717. The van der Waals surface area contributed by atoms with Gasteiger partial charge < -0.3 is 9.84 Å². The number of ether oxygens (including phenoxy) is 1. The maximum absolute atomic E-state index is 12.4. The van der Waals surface area contributed by atoms with Crippen LogP contribution in [-0.2, 0) is 18.2 Å². The first-order chi connectivity index (χ1) is 16.9. The summed E-state index contributed by atoms with van der Waals surface area (Å²) in [5.41, 5.74) is 8.82. The largest absolute Gasteiger partial charge is 0.479 e. The topological polar surface area (TPSA) is 122 Å². The second-order valence-electron chi connectivity index (χ2n) is 8.55. The van der Waals surface area contributed by atoms with Crippen molar-refractivity contribution in [2.45, 2.75) is 44.3 Å². The van der Waals surface area contributed by atoms with Gasteiger partial charge >= 0.3 is 5.84 Å². The molecule has 1 aliphatic carbocycles. The molecule has 0 spiro atoms. The number of aliphatic hydroxyl groups excluding tert-OH is 1. The standard InChI is InChI=1S/C26H28N6O3/c1-3-22(35-23-9-7-21(33)8-10-23)16-28-26(27)19-6-4-5-18(13-19)14-24-25(34)11-12-32(30-24)20-15-29-31(2)17-20/h3-6,11-13,15,17,21,23,27,33H,1,7-10,14H2,2H3/p+1. The zero-order chi connectivity index (χ0) is 24.8. The Morgan fingerprint density at radius 2 is 2.14 bits per heavy atom. The Balaban J connectivity index is 1.54. The van der Waals surface area contributed by atoms with Crippen LogP contribution in [0.15, 0.2) is 72.1 Å². The lowest BCUT2D eigenvalue weighted by Gasteiger charge is -2.25. The van der Waals surface area contributed by atoms with Crippen molar-refractivity contribution < 1.29 is 9.84 Å². The lowest BCUT2D eigenvalue weighted by atomic mass is 9.95. The molecule has 3 aromatic rings. The van der Waals surface area contributed by atoms with Gasteiger partial charge in [-0.3, -0.25) is 15.2 Å². The lowest BCUT2D eigenvalue weighted by molar-refractivity contribution is 0.0373. The van der Waals surface area contributed by atoms with Gasteiger partial charge in [-0.1, -0.05) is 18.7 Å². The van der Waals surface area contributed by atoms with Crippen LogP contribution in [0.1, 0.15) is 42.5 Å². The Labute approximate surface area is 203 Å². The van der Waals surface area contributed by atoms with E-state index in [0.29, 0.717) is 23.4 Å². The number of benzene rings is 1. The van der Waals surface area contributed by atoms with Gasteiger partial charge in [0.1, 0.15) is 11.4 Å². The maximum Gasteiger partial charge on any atom is 0.384 e. The Morgan fingerprint density at radius 1 is 1.34 bits per heavy atom. The van der Waals surface area contributed by atoms with Crippen molar-refractivity contribution in [3.63, 3.8) is 0 Å². The molecule has 180 valence electrons. The molecule has 35 heavy (non-hydrogen) atoms. The molecule has 0 atom stereocenters. The van der Waals surface area contributed by atoms with Crippen molar-refractivity contribution in [1.82, 2.24) is 24.2 Å². The van der Waals surface area contributed by atoms with E-state index in [1.165, 1.54) is 6.07 Å². The third-order valence-corrected chi connectivity index (χ3v) is 5.84. The second kappa shape index (κ2) is 10.8. The summed E-state index contributed by atoms with van der Waals surface area (Å²) in [7, 11) is 1.82. The summed E-state index contributed by atoms with van der Waals surface area (Å²) in [6.07, 6.45) is 9.77. The zero-order valence-corrected chi connectivity index (χ0v) is 19.7. The maximum atomic E-state index is 12.4. The number of nitrogens with zero attached hydrogens (tertiary/aromatic N) is 5. The summed E-state index contributed by atoms with van der Waals surface area (Å²) in [5.74, 6) is 3.51. The number of amidine groups is 1. The predicted octanol–water partition coefficient (Wildman–Crippen LogP) is 1.39. The van der Waals surface area contributed by atoms with Gasteiger partial charge in [-0.05, 0) is 49.5 Å². The van der Waals surface area contributed by atoms with Crippen LogP contribution in [0.5, 0.6) is 0 Å². The minimum Gasteiger partial charge on any atom is -0.479 e. The van der Waals surface area contributed by atoms with Gasteiger partial charge in [-0.15, -0.1) is 4.67 Å². The Kier molecular flexibility index (Phi) is 7.43. The van der Waals surface area contributed by atoms with E-state index in [9.17, 15) is 9.90 Å². The molecule has 0 amide bonds. The highest BCUT2D eigenvalue weighted by Crippen LogP contribution is 2.22. The van der Waals surface area contributed by atoms with Crippen molar-refractivity contribution in [3.8, 4) is 5.69 Å². The van der Waals surface area contributed by atoms with Crippen LogP contribution in [0.3, 0.4) is 0 Å². The number of hydrogen-bond donors (Lipinski definition) is 2. The number of aliphatic hydroxyl groups is 1. The van der Waals surface area contributed by atoms with Gasteiger partial charge in [-0.2, -0.15) is 10.2 Å². The molecule has 0 bridgehead atoms. The highest BCUT2D eigenvalue weighted by Gasteiger charge is 2.21. The molecule has 3 N–H and O–H groups in total. The monoisotopic (exact) mass is 473 g/mol. The third kappa shape index (κ3) is 6.25. The number of aryl methyl sites for hydroxylation is 1. The first kappa shape index (κ1) is 24.0. The van der Waals surface area contributed by atoms with Crippen LogP contribution >= 0.6 is 0 Å². The molecule has 9 nitrogen and oxygen atoms in total. The van der Waals surface area contributed by atoms with Crippen LogP contribution in [0.25, 0.3) is 5.69 Å². The summed E-state index contributed by atoms with van der Waals surface area (Å²) in [6.45, 7) is 3.76. The fourth-order valence-corrected chi connectivity index (χ4v) is 3.92. The Hall–Kier alpha value is -4.16. The lowest BCUT2D eigenvalue weighted by Crippen LogP contribution is -2.24. The third-order valence-electron chi connectivity index (χ3n) is 5.84. The number of hydrogen-bond acceptors (Lipinski definition) is 5. The average Bonchev–Trinajstić information content (AvgIpc) is 3.30. The van der Waals surface area contributed by atoms with Crippen LogP contribution in [0.4, 0.5) is 0 Å². The normalized spacial score (nSPS) is 17.2. The molecule has 1 aromatic carbocycles. The fraction of sp³-hybridized carbons (Fsp3) is 0.308. The van der Waals surface area contributed by atoms with Gasteiger partial charge in [-0.25, -0.2) is 4.68 Å². The molecule has 1 fully saturated rings. The summed E-state index contributed by atoms with van der Waals surface area (Å²) in [4.78, 5) is 12.4. The first-order valence-corrected chi connectivity index (χ1v) is 11.5. The van der Waals surface area contributed by atoms with E-state index in [2.05, 4.69) is 27.3 Å². The molecule has 4 rings (SSSR count). The molecule has 0 unspecified atom stereocenters. The summed E-state index contributed by atoms with van der Waals surface area (Å²) in [6, 6.07) is 8.98. The predicted molar refractivity (Wildman–Crippen MR) is 134 cm³/mol. The van der Waals surface area contributed by atoms with Gasteiger partial charge in [0.25, 0.3) is 0 Å². The number of rotatable bonds is 7. The minimum atomic E-state index is -0.250. The molecular weight excluding hydrogens is 444 g/mol. The molecule has 9 heteroatoms. The number of nitrogens with two attached hydrogens (primary N) is 1. The van der Waals surface area contributed by atoms with E-state index in [-0.39, 0.29) is 23.5 Å². The average molecular weight is 474 g/mol. The van der Waals surface area contributed by atoms with E-state index in [4.69, 9.17) is 10.5 Å². The van der Waals surface area contributed by atoms with Gasteiger partial charge in [0.15, 0.2) is 0 Å². The molecule has 1 aliphatic rings.